The second-order valence-corrected chi connectivity index (χ2v) is 5.71. The molecule has 0 aromatic carbocycles. The van der Waals surface area contributed by atoms with E-state index >= 15 is 0 Å². The Kier molecular flexibility index (Phi) is 4.47. The number of ether oxygens (including phenoxy) is 1. The van der Waals surface area contributed by atoms with E-state index < -0.39 is 0 Å². The van der Waals surface area contributed by atoms with Gasteiger partial charge >= 0.3 is 5.97 Å². The Morgan fingerprint density at radius 1 is 1.43 bits per heavy atom. The first-order valence-corrected chi connectivity index (χ1v) is 8.01. The number of fused-ring (bicyclic) bond motifs is 1. The van der Waals surface area contributed by atoms with Gasteiger partial charge in [0.2, 0.25) is 0 Å². The number of anilines is 1. The van der Waals surface area contributed by atoms with E-state index in [1.807, 2.05) is 18.4 Å². The molecule has 0 amide bonds. The molecule has 0 bridgehead atoms. The Labute approximate surface area is 136 Å². The highest BCUT2D eigenvalue weighted by Gasteiger charge is 2.10. The van der Waals surface area contributed by atoms with Crippen molar-refractivity contribution in [1.29, 1.82) is 0 Å². The maximum Gasteiger partial charge on any atom is 0.327 e. The number of nitrogens with one attached hydrogen (secondary N) is 1. The van der Waals surface area contributed by atoms with E-state index in [9.17, 15) is 4.79 Å². The molecule has 9 heteroatoms. The van der Waals surface area contributed by atoms with Crippen LogP contribution in [0.15, 0.2) is 17.6 Å². The number of hydrogen-bond donors (Lipinski definition) is 1. The average molecular weight is 332 g/mol. The SMILES string of the molecule is CCc1nc(NCc2cn(CC(=O)OC)nn2)c2ccsc2n1. The molecule has 0 aliphatic rings. The largest absolute Gasteiger partial charge is 0.468 e. The standard InChI is InChI=1S/C14H16N6O2S/c1-3-11-16-13(10-4-5-23-14(10)17-11)15-6-9-7-20(19-18-9)8-12(21)22-2/h4-5,7H,3,6,8H2,1-2H3,(H,15,16,17). The van der Waals surface area contributed by atoms with E-state index in [0.29, 0.717) is 12.2 Å². The summed E-state index contributed by atoms with van der Waals surface area (Å²) in [6.45, 7) is 2.54. The zero-order valence-corrected chi connectivity index (χ0v) is 13.6. The normalized spacial score (nSPS) is 10.9. The van der Waals surface area contributed by atoms with Crippen LogP contribution < -0.4 is 5.32 Å². The van der Waals surface area contributed by atoms with Crippen LogP contribution in [-0.2, 0) is 29.0 Å². The molecule has 0 aliphatic carbocycles. The summed E-state index contributed by atoms with van der Waals surface area (Å²) in [5, 5.41) is 14.2. The Hall–Kier alpha value is -2.55. The number of carbonyl (C=O) groups is 1. The summed E-state index contributed by atoms with van der Waals surface area (Å²) in [7, 11) is 1.34. The Bertz CT molecular complexity index is 828. The van der Waals surface area contributed by atoms with E-state index in [2.05, 4.69) is 30.3 Å². The molecule has 0 atom stereocenters. The first-order chi connectivity index (χ1) is 11.2. The predicted molar refractivity (Wildman–Crippen MR) is 86.2 cm³/mol. The molecule has 0 saturated carbocycles. The smallest absolute Gasteiger partial charge is 0.327 e. The number of rotatable bonds is 6. The van der Waals surface area contributed by atoms with E-state index in [1.54, 1.807) is 17.5 Å². The van der Waals surface area contributed by atoms with E-state index in [-0.39, 0.29) is 12.5 Å². The number of hydrogen-bond acceptors (Lipinski definition) is 8. The molecule has 0 saturated heterocycles. The summed E-state index contributed by atoms with van der Waals surface area (Å²) in [6, 6.07) is 2.00. The van der Waals surface area contributed by atoms with Gasteiger partial charge in [0.05, 0.1) is 25.2 Å². The summed E-state index contributed by atoms with van der Waals surface area (Å²) in [4.78, 5) is 21.2. The van der Waals surface area contributed by atoms with Crippen molar-refractivity contribution in [3.63, 3.8) is 0 Å². The van der Waals surface area contributed by atoms with Gasteiger partial charge in [-0.1, -0.05) is 12.1 Å². The molecular formula is C14H16N6O2S. The fourth-order valence-electron chi connectivity index (χ4n) is 2.06. The second-order valence-electron chi connectivity index (χ2n) is 4.82. The molecule has 8 nitrogen and oxygen atoms in total. The fourth-order valence-corrected chi connectivity index (χ4v) is 2.84. The number of methoxy groups -OCH3 is 1. The molecule has 3 rings (SSSR count). The molecule has 0 spiro atoms. The summed E-state index contributed by atoms with van der Waals surface area (Å²) >= 11 is 1.59. The molecule has 3 aromatic heterocycles. The monoisotopic (exact) mass is 332 g/mol. The number of nitrogens with zero attached hydrogens (tertiary/aromatic N) is 5. The molecule has 120 valence electrons. The van der Waals surface area contributed by atoms with Crippen LogP contribution in [-0.4, -0.2) is 38.0 Å². The zero-order chi connectivity index (χ0) is 16.2. The van der Waals surface area contributed by atoms with Gasteiger partial charge < -0.3 is 10.1 Å². The molecule has 0 fully saturated rings. The lowest BCUT2D eigenvalue weighted by molar-refractivity contribution is -0.141. The van der Waals surface area contributed by atoms with Crippen LogP contribution in [0.5, 0.6) is 0 Å². The molecule has 0 unspecified atom stereocenters. The molecular weight excluding hydrogens is 316 g/mol. The van der Waals surface area contributed by atoms with Crippen molar-refractivity contribution < 1.29 is 9.53 Å². The molecule has 3 aromatic rings. The highest BCUT2D eigenvalue weighted by Crippen LogP contribution is 2.25. The maximum absolute atomic E-state index is 11.2. The van der Waals surface area contributed by atoms with Gasteiger partial charge in [-0.2, -0.15) is 0 Å². The average Bonchev–Trinajstić information content (AvgIpc) is 3.21. The Morgan fingerprint density at radius 2 is 2.30 bits per heavy atom. The van der Waals surface area contributed by atoms with Gasteiger partial charge in [0.1, 0.15) is 28.7 Å². The number of thiophene rings is 1. The van der Waals surface area contributed by atoms with Crippen LogP contribution >= 0.6 is 11.3 Å². The van der Waals surface area contributed by atoms with Crippen LogP contribution in [0.3, 0.4) is 0 Å². The highest BCUT2D eigenvalue weighted by atomic mass is 32.1. The summed E-state index contributed by atoms with van der Waals surface area (Å²) in [5.74, 6) is 1.23. The zero-order valence-electron chi connectivity index (χ0n) is 12.8. The highest BCUT2D eigenvalue weighted by molar-refractivity contribution is 7.16. The number of carbonyl (C=O) groups excluding carboxylic acids is 1. The summed E-state index contributed by atoms with van der Waals surface area (Å²) in [6.07, 6.45) is 2.48. The fraction of sp³-hybridized carbons (Fsp3) is 0.357. The number of aromatic nitrogens is 5. The van der Waals surface area contributed by atoms with Crippen molar-refractivity contribution in [2.24, 2.45) is 0 Å². The number of aryl methyl sites for hydroxylation is 1. The molecule has 0 radical (unpaired) electrons. The van der Waals surface area contributed by atoms with Crippen molar-refractivity contribution in [3.05, 3.63) is 29.2 Å². The van der Waals surface area contributed by atoms with E-state index in [0.717, 1.165) is 28.3 Å². The van der Waals surface area contributed by atoms with Gasteiger partial charge in [-0.25, -0.2) is 14.6 Å². The van der Waals surface area contributed by atoms with Crippen molar-refractivity contribution in [2.75, 3.05) is 12.4 Å². The van der Waals surface area contributed by atoms with Crippen LogP contribution in [0.2, 0.25) is 0 Å². The minimum absolute atomic E-state index is 0.0474. The first kappa shape index (κ1) is 15.3. The molecule has 1 N–H and O–H groups in total. The Balaban J connectivity index is 1.73. The molecule has 0 aliphatic heterocycles. The van der Waals surface area contributed by atoms with Gasteiger partial charge in [-0.3, -0.25) is 4.79 Å². The lowest BCUT2D eigenvalue weighted by atomic mass is 10.3. The quantitative estimate of drug-likeness (QED) is 0.685. The van der Waals surface area contributed by atoms with Gasteiger partial charge in [-0.15, -0.1) is 16.4 Å². The maximum atomic E-state index is 11.2. The van der Waals surface area contributed by atoms with Crippen molar-refractivity contribution in [2.45, 2.75) is 26.4 Å². The predicted octanol–water partition coefficient (Wildman–Crippen LogP) is 1.63. The number of esters is 1. The van der Waals surface area contributed by atoms with Gasteiger partial charge in [0, 0.05) is 6.42 Å². The van der Waals surface area contributed by atoms with Crippen LogP contribution in [0.4, 0.5) is 5.82 Å². The van der Waals surface area contributed by atoms with Gasteiger partial charge in [0.25, 0.3) is 0 Å². The van der Waals surface area contributed by atoms with Gasteiger partial charge in [0.15, 0.2) is 0 Å². The molecule has 3 heterocycles. The van der Waals surface area contributed by atoms with Crippen LogP contribution in [0, 0.1) is 0 Å². The van der Waals surface area contributed by atoms with E-state index in [1.165, 1.54) is 11.8 Å². The minimum Gasteiger partial charge on any atom is -0.468 e. The third-order valence-electron chi connectivity index (χ3n) is 3.23. The third-order valence-corrected chi connectivity index (χ3v) is 4.04. The van der Waals surface area contributed by atoms with Gasteiger partial charge in [-0.05, 0) is 11.4 Å². The lowest BCUT2D eigenvalue weighted by Crippen LogP contribution is -2.11. The second kappa shape index (κ2) is 6.69. The summed E-state index contributed by atoms with van der Waals surface area (Å²) in [5.41, 5.74) is 0.717. The Morgan fingerprint density at radius 3 is 3.09 bits per heavy atom. The van der Waals surface area contributed by atoms with Crippen LogP contribution in [0.1, 0.15) is 18.4 Å². The van der Waals surface area contributed by atoms with E-state index in [4.69, 9.17) is 0 Å². The van der Waals surface area contributed by atoms with Crippen LogP contribution in [0.25, 0.3) is 10.2 Å². The molecule has 23 heavy (non-hydrogen) atoms. The minimum atomic E-state index is -0.363. The summed E-state index contributed by atoms with van der Waals surface area (Å²) < 4.78 is 6.04. The van der Waals surface area contributed by atoms with Crippen molar-refractivity contribution in [1.82, 2.24) is 25.0 Å². The third kappa shape index (κ3) is 3.45. The topological polar surface area (TPSA) is 94.8 Å². The van der Waals surface area contributed by atoms with Crippen molar-refractivity contribution >= 4 is 33.3 Å². The first-order valence-electron chi connectivity index (χ1n) is 7.13. The lowest BCUT2D eigenvalue weighted by Gasteiger charge is -2.06. The van der Waals surface area contributed by atoms with Crippen molar-refractivity contribution in [3.8, 4) is 0 Å².